The van der Waals surface area contributed by atoms with Crippen molar-refractivity contribution in [1.29, 1.82) is 0 Å². The molecule has 1 aromatic heterocycles. The van der Waals surface area contributed by atoms with Gasteiger partial charge in [0, 0.05) is 24.4 Å². The first-order chi connectivity index (χ1) is 6.92. The van der Waals surface area contributed by atoms with E-state index in [1.165, 1.54) is 0 Å². The molecular weight excluding hydrogens is 196 g/mol. The fourth-order valence-corrected chi connectivity index (χ4v) is 2.44. The molecule has 2 rings (SSSR count). The van der Waals surface area contributed by atoms with Gasteiger partial charge in [-0.2, -0.15) is 0 Å². The Kier molecular flexibility index (Phi) is 3.50. The maximum atomic E-state index is 5.71. The van der Waals surface area contributed by atoms with Gasteiger partial charge in [-0.05, 0) is 13.0 Å². The fourth-order valence-electron chi connectivity index (χ4n) is 1.86. The highest BCUT2D eigenvalue weighted by atomic mass is 32.1. The Labute approximate surface area is 88.5 Å². The van der Waals surface area contributed by atoms with Crippen molar-refractivity contribution in [1.82, 2.24) is 10.3 Å². The smallest absolute Gasteiger partial charge is 0.104 e. The molecule has 0 radical (unpaired) electrons. The van der Waals surface area contributed by atoms with Crippen LogP contribution in [0.25, 0.3) is 0 Å². The number of hydrogen-bond donors (Lipinski definition) is 1. The van der Waals surface area contributed by atoms with Crippen LogP contribution >= 0.6 is 11.3 Å². The van der Waals surface area contributed by atoms with E-state index >= 15 is 0 Å². The number of ether oxygens (including phenoxy) is 1. The summed E-state index contributed by atoms with van der Waals surface area (Å²) >= 11 is 1.64. The first-order valence-electron chi connectivity index (χ1n) is 5.12. The van der Waals surface area contributed by atoms with E-state index in [-0.39, 0.29) is 6.10 Å². The first kappa shape index (κ1) is 10.1. The third-order valence-corrected chi connectivity index (χ3v) is 3.22. The molecule has 1 aliphatic rings. The summed E-state index contributed by atoms with van der Waals surface area (Å²) in [5, 5.41) is 5.47. The van der Waals surface area contributed by atoms with Crippen LogP contribution in [-0.2, 0) is 4.74 Å². The van der Waals surface area contributed by atoms with Crippen LogP contribution in [0.15, 0.2) is 10.9 Å². The van der Waals surface area contributed by atoms with Crippen molar-refractivity contribution in [3.8, 4) is 0 Å². The minimum atomic E-state index is 0.222. The zero-order valence-electron chi connectivity index (χ0n) is 8.40. The molecule has 0 aromatic carbocycles. The van der Waals surface area contributed by atoms with Crippen LogP contribution in [0.3, 0.4) is 0 Å². The molecule has 1 saturated heterocycles. The van der Waals surface area contributed by atoms with Crippen LogP contribution in [0.5, 0.6) is 0 Å². The van der Waals surface area contributed by atoms with Crippen LogP contribution in [0.4, 0.5) is 0 Å². The lowest BCUT2D eigenvalue weighted by Crippen LogP contribution is -2.24. The lowest BCUT2D eigenvalue weighted by molar-refractivity contribution is 0.0877. The number of rotatable bonds is 4. The molecule has 0 saturated carbocycles. The van der Waals surface area contributed by atoms with Crippen LogP contribution in [0, 0.1) is 5.92 Å². The lowest BCUT2D eigenvalue weighted by atomic mass is 10.00. The van der Waals surface area contributed by atoms with Gasteiger partial charge in [-0.25, -0.2) is 4.98 Å². The second kappa shape index (κ2) is 4.87. The van der Waals surface area contributed by atoms with Gasteiger partial charge in [-0.3, -0.25) is 0 Å². The van der Waals surface area contributed by atoms with Gasteiger partial charge in [0.15, 0.2) is 0 Å². The van der Waals surface area contributed by atoms with Gasteiger partial charge in [0.25, 0.3) is 0 Å². The third-order valence-electron chi connectivity index (χ3n) is 2.61. The van der Waals surface area contributed by atoms with Gasteiger partial charge in [0.2, 0.25) is 0 Å². The number of thiazole rings is 1. The summed E-state index contributed by atoms with van der Waals surface area (Å²) in [5.74, 6) is 0.594. The topological polar surface area (TPSA) is 34.1 Å². The van der Waals surface area contributed by atoms with Gasteiger partial charge in [-0.15, -0.1) is 11.3 Å². The molecule has 2 unspecified atom stereocenters. The monoisotopic (exact) mass is 212 g/mol. The summed E-state index contributed by atoms with van der Waals surface area (Å²) < 4.78 is 5.71. The molecule has 1 fully saturated rings. The highest BCUT2D eigenvalue weighted by Gasteiger charge is 2.30. The second-order valence-electron chi connectivity index (χ2n) is 3.56. The molecule has 14 heavy (non-hydrogen) atoms. The van der Waals surface area contributed by atoms with Crippen molar-refractivity contribution >= 4 is 11.3 Å². The van der Waals surface area contributed by atoms with E-state index in [1.54, 1.807) is 11.3 Å². The predicted octanol–water partition coefficient (Wildman–Crippen LogP) is 1.83. The minimum Gasteiger partial charge on any atom is -0.372 e. The van der Waals surface area contributed by atoms with E-state index in [9.17, 15) is 0 Å². The Bertz CT molecular complexity index is 263. The van der Waals surface area contributed by atoms with Gasteiger partial charge in [-0.1, -0.05) is 6.92 Å². The van der Waals surface area contributed by atoms with Crippen LogP contribution in [0.2, 0.25) is 0 Å². The van der Waals surface area contributed by atoms with Crippen molar-refractivity contribution in [3.63, 3.8) is 0 Å². The third kappa shape index (κ3) is 2.13. The molecule has 1 aromatic rings. The standard InChI is InChI=1S/C10H16N2OS/c1-2-11-5-8-3-4-13-10(8)9-6-14-7-12-9/h6-8,10-11H,2-5H2,1H3. The Balaban J connectivity index is 1.97. The summed E-state index contributed by atoms with van der Waals surface area (Å²) in [4.78, 5) is 4.32. The van der Waals surface area contributed by atoms with Gasteiger partial charge in [0.1, 0.15) is 6.10 Å². The first-order valence-corrected chi connectivity index (χ1v) is 6.06. The molecule has 4 heteroatoms. The Hall–Kier alpha value is -0.450. The molecule has 0 aliphatic carbocycles. The van der Waals surface area contributed by atoms with Gasteiger partial charge in [0.05, 0.1) is 11.2 Å². The van der Waals surface area contributed by atoms with Crippen molar-refractivity contribution in [2.45, 2.75) is 19.4 Å². The lowest BCUT2D eigenvalue weighted by Gasteiger charge is -2.16. The average Bonchev–Trinajstić information content (AvgIpc) is 2.84. The molecule has 0 bridgehead atoms. The van der Waals surface area contributed by atoms with Crippen LogP contribution in [-0.4, -0.2) is 24.7 Å². The van der Waals surface area contributed by atoms with E-state index < -0.39 is 0 Å². The molecule has 1 aliphatic heterocycles. The number of nitrogens with one attached hydrogen (secondary N) is 1. The zero-order chi connectivity index (χ0) is 9.80. The average molecular weight is 212 g/mol. The van der Waals surface area contributed by atoms with Gasteiger partial charge < -0.3 is 10.1 Å². The summed E-state index contributed by atoms with van der Waals surface area (Å²) in [6, 6.07) is 0. The highest BCUT2D eigenvalue weighted by molar-refractivity contribution is 7.07. The van der Waals surface area contributed by atoms with Crippen molar-refractivity contribution in [2.24, 2.45) is 5.92 Å². The molecule has 78 valence electrons. The Morgan fingerprint density at radius 3 is 3.36 bits per heavy atom. The highest BCUT2D eigenvalue weighted by Crippen LogP contribution is 2.33. The Morgan fingerprint density at radius 2 is 2.64 bits per heavy atom. The summed E-state index contributed by atoms with van der Waals surface area (Å²) in [5.41, 5.74) is 2.98. The number of hydrogen-bond acceptors (Lipinski definition) is 4. The zero-order valence-corrected chi connectivity index (χ0v) is 9.22. The largest absolute Gasteiger partial charge is 0.372 e. The summed E-state index contributed by atoms with van der Waals surface area (Å²) in [6.07, 6.45) is 1.37. The van der Waals surface area contributed by atoms with Crippen LogP contribution in [0.1, 0.15) is 25.1 Å². The molecule has 1 N–H and O–H groups in total. The second-order valence-corrected chi connectivity index (χ2v) is 4.28. The fraction of sp³-hybridized carbons (Fsp3) is 0.700. The SMILES string of the molecule is CCNCC1CCOC1c1cscn1. The summed E-state index contributed by atoms with van der Waals surface area (Å²) in [7, 11) is 0. The molecule has 2 heterocycles. The molecule has 0 amide bonds. The maximum absolute atomic E-state index is 5.71. The normalized spacial score (nSPS) is 26.9. The minimum absolute atomic E-state index is 0.222. The summed E-state index contributed by atoms with van der Waals surface area (Å²) in [6.45, 7) is 5.07. The number of nitrogens with zero attached hydrogens (tertiary/aromatic N) is 1. The molecular formula is C10H16N2OS. The van der Waals surface area contributed by atoms with Crippen molar-refractivity contribution in [2.75, 3.05) is 19.7 Å². The van der Waals surface area contributed by atoms with Gasteiger partial charge >= 0.3 is 0 Å². The van der Waals surface area contributed by atoms with E-state index in [2.05, 4.69) is 22.6 Å². The molecule has 3 nitrogen and oxygen atoms in total. The Morgan fingerprint density at radius 1 is 1.71 bits per heavy atom. The van der Waals surface area contributed by atoms with E-state index in [4.69, 9.17) is 4.74 Å². The van der Waals surface area contributed by atoms with E-state index in [0.717, 1.165) is 31.8 Å². The maximum Gasteiger partial charge on any atom is 0.104 e. The van der Waals surface area contributed by atoms with E-state index in [0.29, 0.717) is 5.92 Å². The number of aromatic nitrogens is 1. The van der Waals surface area contributed by atoms with Crippen molar-refractivity contribution < 1.29 is 4.74 Å². The van der Waals surface area contributed by atoms with Crippen molar-refractivity contribution in [3.05, 3.63) is 16.6 Å². The van der Waals surface area contributed by atoms with Crippen LogP contribution < -0.4 is 5.32 Å². The predicted molar refractivity (Wildman–Crippen MR) is 57.5 cm³/mol. The quantitative estimate of drug-likeness (QED) is 0.827. The molecule has 0 spiro atoms. The molecule has 2 atom stereocenters. The van der Waals surface area contributed by atoms with E-state index in [1.807, 2.05) is 5.51 Å².